The molecule has 1 aliphatic rings. The molecule has 4 heteroatoms. The third-order valence-corrected chi connectivity index (χ3v) is 2.95. The number of hydrogen-bond donors (Lipinski definition) is 3. The highest BCUT2D eigenvalue weighted by molar-refractivity contribution is 5.53. The van der Waals surface area contributed by atoms with Crippen LogP contribution in [-0.2, 0) is 0 Å². The van der Waals surface area contributed by atoms with E-state index in [0.29, 0.717) is 24.1 Å². The van der Waals surface area contributed by atoms with Crippen LogP contribution < -0.4 is 10.5 Å². The minimum absolute atomic E-state index is 0.132. The maximum atomic E-state index is 9.49. The second-order valence-electron chi connectivity index (χ2n) is 3.93. The van der Waals surface area contributed by atoms with E-state index in [1.165, 1.54) is 7.11 Å². The van der Waals surface area contributed by atoms with Crippen molar-refractivity contribution in [3.8, 4) is 17.2 Å². The molecule has 0 unspecified atom stereocenters. The van der Waals surface area contributed by atoms with Crippen LogP contribution in [0.5, 0.6) is 17.2 Å². The van der Waals surface area contributed by atoms with Gasteiger partial charge in [0.25, 0.3) is 0 Å². The Morgan fingerprint density at radius 2 is 2.20 bits per heavy atom. The third kappa shape index (κ3) is 1.72. The molecule has 0 radical (unpaired) electrons. The number of phenols is 2. The van der Waals surface area contributed by atoms with Gasteiger partial charge in [0.1, 0.15) is 0 Å². The Balaban J connectivity index is 2.30. The zero-order chi connectivity index (χ0) is 11.0. The summed E-state index contributed by atoms with van der Waals surface area (Å²) in [5.41, 5.74) is 6.54. The first-order valence-electron chi connectivity index (χ1n) is 4.97. The number of rotatable bonds is 3. The molecule has 2 atom stereocenters. The molecule has 15 heavy (non-hydrogen) atoms. The SMILES string of the molecule is COc1cc([C@@H]2C[C@H]2CN)cc(O)c1O. The van der Waals surface area contributed by atoms with Crippen molar-refractivity contribution in [1.29, 1.82) is 0 Å². The summed E-state index contributed by atoms with van der Waals surface area (Å²) in [4.78, 5) is 0. The highest BCUT2D eigenvalue weighted by Gasteiger charge is 2.37. The fourth-order valence-electron chi connectivity index (χ4n) is 1.90. The molecular weight excluding hydrogens is 194 g/mol. The highest BCUT2D eigenvalue weighted by Crippen LogP contribution is 2.50. The summed E-state index contributed by atoms with van der Waals surface area (Å²) in [6.45, 7) is 0.661. The van der Waals surface area contributed by atoms with Crippen molar-refractivity contribution in [2.45, 2.75) is 12.3 Å². The molecule has 1 aromatic carbocycles. The average molecular weight is 209 g/mol. The Labute approximate surface area is 88.3 Å². The molecule has 0 amide bonds. The van der Waals surface area contributed by atoms with Gasteiger partial charge in [-0.25, -0.2) is 0 Å². The van der Waals surface area contributed by atoms with Gasteiger partial charge < -0.3 is 20.7 Å². The lowest BCUT2D eigenvalue weighted by atomic mass is 10.1. The van der Waals surface area contributed by atoms with Crippen LogP contribution in [0.1, 0.15) is 17.9 Å². The van der Waals surface area contributed by atoms with Crippen molar-refractivity contribution in [2.24, 2.45) is 11.7 Å². The fraction of sp³-hybridized carbons (Fsp3) is 0.455. The van der Waals surface area contributed by atoms with E-state index >= 15 is 0 Å². The zero-order valence-electron chi connectivity index (χ0n) is 8.60. The van der Waals surface area contributed by atoms with Crippen molar-refractivity contribution in [1.82, 2.24) is 0 Å². The van der Waals surface area contributed by atoms with Gasteiger partial charge in [-0.3, -0.25) is 0 Å². The van der Waals surface area contributed by atoms with Crippen LogP contribution in [0.2, 0.25) is 0 Å². The fourth-order valence-corrected chi connectivity index (χ4v) is 1.90. The number of methoxy groups -OCH3 is 1. The van der Waals surface area contributed by atoms with Crippen LogP contribution in [0, 0.1) is 5.92 Å². The second kappa shape index (κ2) is 3.62. The number of aromatic hydroxyl groups is 2. The minimum atomic E-state index is -0.203. The molecule has 2 rings (SSSR count). The molecule has 0 aromatic heterocycles. The summed E-state index contributed by atoms with van der Waals surface area (Å²) >= 11 is 0. The Morgan fingerprint density at radius 1 is 1.47 bits per heavy atom. The van der Waals surface area contributed by atoms with Gasteiger partial charge >= 0.3 is 0 Å². The van der Waals surface area contributed by atoms with Gasteiger partial charge in [-0.1, -0.05) is 0 Å². The van der Waals surface area contributed by atoms with Crippen molar-refractivity contribution in [3.05, 3.63) is 17.7 Å². The zero-order valence-corrected chi connectivity index (χ0v) is 8.60. The number of ether oxygens (including phenoxy) is 1. The lowest BCUT2D eigenvalue weighted by Crippen LogP contribution is -2.02. The van der Waals surface area contributed by atoms with Gasteiger partial charge in [0, 0.05) is 0 Å². The lowest BCUT2D eigenvalue weighted by Gasteiger charge is -2.08. The topological polar surface area (TPSA) is 75.7 Å². The van der Waals surface area contributed by atoms with Crippen LogP contribution in [0.15, 0.2) is 12.1 Å². The van der Waals surface area contributed by atoms with E-state index in [0.717, 1.165) is 12.0 Å². The monoisotopic (exact) mass is 209 g/mol. The lowest BCUT2D eigenvalue weighted by molar-refractivity contribution is 0.350. The van der Waals surface area contributed by atoms with Gasteiger partial charge in [-0.05, 0) is 42.5 Å². The Morgan fingerprint density at radius 3 is 2.73 bits per heavy atom. The van der Waals surface area contributed by atoms with Crippen molar-refractivity contribution >= 4 is 0 Å². The first kappa shape index (κ1) is 10.1. The first-order chi connectivity index (χ1) is 7.17. The normalized spacial score (nSPS) is 23.9. The minimum Gasteiger partial charge on any atom is -0.504 e. The van der Waals surface area contributed by atoms with E-state index < -0.39 is 0 Å². The maximum absolute atomic E-state index is 9.49. The molecule has 4 nitrogen and oxygen atoms in total. The molecular formula is C11H15NO3. The quantitative estimate of drug-likeness (QED) is 0.653. The molecule has 1 aliphatic carbocycles. The molecule has 82 valence electrons. The van der Waals surface area contributed by atoms with Gasteiger partial charge in [-0.15, -0.1) is 0 Å². The van der Waals surface area contributed by atoms with Gasteiger partial charge in [0.05, 0.1) is 7.11 Å². The van der Waals surface area contributed by atoms with Gasteiger partial charge in [0.15, 0.2) is 11.5 Å². The van der Waals surface area contributed by atoms with Crippen LogP contribution in [-0.4, -0.2) is 23.9 Å². The number of benzene rings is 1. The molecule has 0 heterocycles. The van der Waals surface area contributed by atoms with E-state index in [9.17, 15) is 10.2 Å². The largest absolute Gasteiger partial charge is 0.504 e. The van der Waals surface area contributed by atoms with Crippen LogP contribution in [0.25, 0.3) is 0 Å². The smallest absolute Gasteiger partial charge is 0.200 e. The predicted molar refractivity (Wildman–Crippen MR) is 56.2 cm³/mol. The number of hydrogen-bond acceptors (Lipinski definition) is 4. The Kier molecular flexibility index (Phi) is 2.44. The number of nitrogens with two attached hydrogens (primary N) is 1. The average Bonchev–Trinajstić information content (AvgIpc) is 3.01. The van der Waals surface area contributed by atoms with Gasteiger partial charge in [-0.2, -0.15) is 0 Å². The molecule has 0 saturated heterocycles. The molecule has 0 aliphatic heterocycles. The number of phenolic OH excluding ortho intramolecular Hbond substituents is 2. The van der Waals surface area contributed by atoms with E-state index in [1.807, 2.05) is 0 Å². The predicted octanol–water partition coefficient (Wildman–Crippen LogP) is 1.17. The Bertz CT molecular complexity index is 378. The van der Waals surface area contributed by atoms with Crippen molar-refractivity contribution in [3.63, 3.8) is 0 Å². The van der Waals surface area contributed by atoms with E-state index in [-0.39, 0.29) is 11.5 Å². The van der Waals surface area contributed by atoms with Crippen LogP contribution in [0.3, 0.4) is 0 Å². The van der Waals surface area contributed by atoms with Crippen LogP contribution >= 0.6 is 0 Å². The molecule has 1 fully saturated rings. The molecule has 4 N–H and O–H groups in total. The standard InChI is InChI=1S/C11H15NO3/c1-15-10-4-6(3-9(13)11(10)14)8-2-7(8)5-12/h3-4,7-8,13-14H,2,5,12H2,1H3/t7-,8-/m0/s1. The van der Waals surface area contributed by atoms with E-state index in [2.05, 4.69) is 0 Å². The molecule has 1 saturated carbocycles. The first-order valence-corrected chi connectivity index (χ1v) is 4.97. The third-order valence-electron chi connectivity index (χ3n) is 2.95. The highest BCUT2D eigenvalue weighted by atomic mass is 16.5. The van der Waals surface area contributed by atoms with Gasteiger partial charge in [0.2, 0.25) is 5.75 Å². The molecule has 0 bridgehead atoms. The van der Waals surface area contributed by atoms with Crippen LogP contribution in [0.4, 0.5) is 0 Å². The summed E-state index contributed by atoms with van der Waals surface area (Å²) < 4.78 is 4.97. The second-order valence-corrected chi connectivity index (χ2v) is 3.93. The summed E-state index contributed by atoms with van der Waals surface area (Å²) in [7, 11) is 1.46. The van der Waals surface area contributed by atoms with E-state index in [1.54, 1.807) is 12.1 Å². The van der Waals surface area contributed by atoms with Crippen molar-refractivity contribution in [2.75, 3.05) is 13.7 Å². The van der Waals surface area contributed by atoms with E-state index in [4.69, 9.17) is 10.5 Å². The summed E-state index contributed by atoms with van der Waals surface area (Å²) in [5.74, 6) is 0.875. The summed E-state index contributed by atoms with van der Waals surface area (Å²) in [6, 6.07) is 3.34. The summed E-state index contributed by atoms with van der Waals surface area (Å²) in [6.07, 6.45) is 1.05. The summed E-state index contributed by atoms with van der Waals surface area (Å²) in [5, 5.41) is 18.9. The maximum Gasteiger partial charge on any atom is 0.200 e. The molecule has 1 aromatic rings. The molecule has 0 spiro atoms. The van der Waals surface area contributed by atoms with Crippen molar-refractivity contribution < 1.29 is 14.9 Å². The Hall–Kier alpha value is -1.42.